The molecular weight excluding hydrogens is 579 g/mol. The molecule has 2 aromatic rings. The first kappa shape index (κ1) is 29.5. The molecule has 0 spiro atoms. The number of nitrogens with zero attached hydrogens (tertiary/aromatic N) is 5. The topological polar surface area (TPSA) is 107 Å². The van der Waals surface area contributed by atoms with Crippen molar-refractivity contribution < 1.29 is 13.2 Å². The number of amides is 1. The van der Waals surface area contributed by atoms with E-state index in [-0.39, 0.29) is 28.5 Å². The van der Waals surface area contributed by atoms with Crippen molar-refractivity contribution in [3.05, 3.63) is 67.8 Å². The maximum atomic E-state index is 13.6. The summed E-state index contributed by atoms with van der Waals surface area (Å²) in [6.45, 7) is 7.98. The van der Waals surface area contributed by atoms with Crippen LogP contribution in [0.5, 0.6) is 0 Å². The SMILES string of the molecule is CCCn1c(N2CCN(Cc3ccccc3)CC2)c(/C=C2\SC(=S)N(C3CCS(=O)(=O)C3)C2=O)c(C)c(C#N)c1=O. The van der Waals surface area contributed by atoms with Crippen molar-refractivity contribution in [1.82, 2.24) is 14.4 Å². The molecule has 1 amide bonds. The molecule has 3 aliphatic rings. The number of carbonyl (C=O) groups excluding carboxylic acids is 1. The van der Waals surface area contributed by atoms with Crippen LogP contribution in [0.25, 0.3) is 6.08 Å². The molecule has 0 N–H and O–H groups in total. The van der Waals surface area contributed by atoms with Crippen molar-refractivity contribution in [3.63, 3.8) is 0 Å². The van der Waals surface area contributed by atoms with Crippen LogP contribution >= 0.6 is 24.0 Å². The summed E-state index contributed by atoms with van der Waals surface area (Å²) in [7, 11) is -3.20. The highest BCUT2D eigenvalue weighted by atomic mass is 32.2. The van der Waals surface area contributed by atoms with Crippen LogP contribution in [0.15, 0.2) is 40.0 Å². The third kappa shape index (κ3) is 6.00. The van der Waals surface area contributed by atoms with Crippen LogP contribution in [0, 0.1) is 18.3 Å². The second-order valence-electron chi connectivity index (χ2n) is 10.7. The number of thioether (sulfide) groups is 1. The Bertz CT molecular complexity index is 1600. The summed E-state index contributed by atoms with van der Waals surface area (Å²) in [6.07, 6.45) is 2.81. The van der Waals surface area contributed by atoms with Crippen molar-refractivity contribution in [3.8, 4) is 6.07 Å². The number of hydrogen-bond donors (Lipinski definition) is 0. The number of piperazine rings is 1. The molecule has 9 nitrogen and oxygen atoms in total. The van der Waals surface area contributed by atoms with E-state index in [0.717, 1.165) is 31.4 Å². The van der Waals surface area contributed by atoms with E-state index in [2.05, 4.69) is 28.0 Å². The Kier molecular flexibility index (Phi) is 8.70. The molecule has 1 atom stereocenters. The molecule has 1 unspecified atom stereocenters. The summed E-state index contributed by atoms with van der Waals surface area (Å²) < 4.78 is 26.2. The molecule has 4 heterocycles. The van der Waals surface area contributed by atoms with E-state index < -0.39 is 15.9 Å². The molecule has 12 heteroatoms. The number of hydrogen-bond acceptors (Lipinski definition) is 9. The second-order valence-corrected chi connectivity index (χ2v) is 14.6. The van der Waals surface area contributed by atoms with Crippen LogP contribution in [-0.2, 0) is 27.7 Å². The van der Waals surface area contributed by atoms with Crippen molar-refractivity contribution >= 4 is 55.9 Å². The largest absolute Gasteiger partial charge is 0.355 e. The van der Waals surface area contributed by atoms with Gasteiger partial charge in [-0.05, 0) is 37.0 Å². The Morgan fingerprint density at radius 2 is 1.85 bits per heavy atom. The van der Waals surface area contributed by atoms with Crippen molar-refractivity contribution in [2.24, 2.45) is 0 Å². The molecule has 0 saturated carbocycles. The maximum Gasteiger partial charge on any atom is 0.270 e. The maximum absolute atomic E-state index is 13.6. The molecule has 216 valence electrons. The number of benzene rings is 1. The molecule has 5 rings (SSSR count). The van der Waals surface area contributed by atoms with Crippen molar-refractivity contribution in [2.75, 3.05) is 42.6 Å². The first-order valence-corrected chi connectivity index (χ1v) is 16.8. The molecule has 1 aromatic heterocycles. The molecule has 3 saturated heterocycles. The predicted octanol–water partition coefficient (Wildman–Crippen LogP) is 3.15. The van der Waals surface area contributed by atoms with E-state index in [4.69, 9.17) is 12.2 Å². The van der Waals surface area contributed by atoms with Crippen LogP contribution < -0.4 is 10.5 Å². The van der Waals surface area contributed by atoms with E-state index >= 15 is 0 Å². The molecule has 3 fully saturated rings. The summed E-state index contributed by atoms with van der Waals surface area (Å²) >= 11 is 6.67. The van der Waals surface area contributed by atoms with Crippen molar-refractivity contribution in [1.29, 1.82) is 5.26 Å². The number of anilines is 1. The molecular formula is C29H33N5O4S3. The Balaban J connectivity index is 1.51. The highest BCUT2D eigenvalue weighted by molar-refractivity contribution is 8.26. The lowest BCUT2D eigenvalue weighted by Gasteiger charge is -2.38. The quantitative estimate of drug-likeness (QED) is 0.345. The van der Waals surface area contributed by atoms with E-state index in [9.17, 15) is 23.3 Å². The summed E-state index contributed by atoms with van der Waals surface area (Å²) in [5, 5.41) is 9.92. The van der Waals surface area contributed by atoms with Gasteiger partial charge in [-0.2, -0.15) is 5.26 Å². The molecule has 0 bridgehead atoms. The average molecular weight is 612 g/mol. The van der Waals surface area contributed by atoms with Gasteiger partial charge in [0.05, 0.1) is 22.5 Å². The minimum absolute atomic E-state index is 0.0425. The third-order valence-corrected chi connectivity index (χ3v) is 11.0. The van der Waals surface area contributed by atoms with Crippen LogP contribution in [0.2, 0.25) is 0 Å². The van der Waals surface area contributed by atoms with Gasteiger partial charge in [0.25, 0.3) is 11.5 Å². The van der Waals surface area contributed by atoms with Gasteiger partial charge in [0, 0.05) is 44.8 Å². The Morgan fingerprint density at radius 1 is 1.15 bits per heavy atom. The summed E-state index contributed by atoms with van der Waals surface area (Å²) in [6, 6.07) is 11.9. The van der Waals surface area contributed by atoms with Gasteiger partial charge >= 0.3 is 0 Å². The number of thiocarbonyl (C=S) groups is 1. The van der Waals surface area contributed by atoms with Crippen LogP contribution in [0.1, 0.15) is 42.0 Å². The normalized spacial score (nSPS) is 22.1. The third-order valence-electron chi connectivity index (χ3n) is 7.89. The van der Waals surface area contributed by atoms with Gasteiger partial charge < -0.3 is 4.90 Å². The smallest absolute Gasteiger partial charge is 0.270 e. The zero-order valence-corrected chi connectivity index (χ0v) is 25.7. The van der Waals surface area contributed by atoms with Gasteiger partial charge in [-0.3, -0.25) is 24.0 Å². The van der Waals surface area contributed by atoms with Gasteiger partial charge in [-0.1, -0.05) is 61.2 Å². The van der Waals surface area contributed by atoms with E-state index in [1.165, 1.54) is 10.5 Å². The molecule has 41 heavy (non-hydrogen) atoms. The lowest BCUT2D eigenvalue weighted by atomic mass is 10.0. The Hall–Kier alpha value is -2.98. The number of nitriles is 1. The fourth-order valence-corrected chi connectivity index (χ4v) is 8.86. The van der Waals surface area contributed by atoms with Gasteiger partial charge in [0.1, 0.15) is 21.8 Å². The summed E-state index contributed by atoms with van der Waals surface area (Å²) in [5.41, 5.74) is 2.17. The standard InChI is InChI=1S/C29H33N5O4S3/c1-3-10-33-26(32-13-11-31(12-14-32)18-21-7-5-4-6-8-21)23(20(2)24(17-30)27(33)35)16-25-28(36)34(29(39)40-25)22-9-15-41(37,38)19-22/h4-8,16,22H,3,9-15,18-19H2,1-2H3/b25-16-. The molecule has 0 radical (unpaired) electrons. The minimum Gasteiger partial charge on any atom is -0.355 e. The fraction of sp³-hybridized carbons (Fsp3) is 0.448. The van der Waals surface area contributed by atoms with Crippen LogP contribution in [-0.4, -0.2) is 76.7 Å². The van der Waals surface area contributed by atoms with Crippen LogP contribution in [0.3, 0.4) is 0 Å². The van der Waals surface area contributed by atoms with Gasteiger partial charge in [-0.15, -0.1) is 0 Å². The molecule has 0 aliphatic carbocycles. The van der Waals surface area contributed by atoms with Crippen LogP contribution in [0.4, 0.5) is 5.82 Å². The molecule has 1 aromatic carbocycles. The average Bonchev–Trinajstić information content (AvgIpc) is 3.44. The lowest BCUT2D eigenvalue weighted by molar-refractivity contribution is -0.123. The zero-order valence-electron chi connectivity index (χ0n) is 23.2. The van der Waals surface area contributed by atoms with E-state index in [1.54, 1.807) is 17.6 Å². The summed E-state index contributed by atoms with van der Waals surface area (Å²) in [5.74, 6) is 0.332. The van der Waals surface area contributed by atoms with Crippen molar-refractivity contribution in [2.45, 2.75) is 45.8 Å². The fourth-order valence-electron chi connectivity index (χ4n) is 5.78. The highest BCUT2D eigenvalue weighted by Gasteiger charge is 2.42. The lowest BCUT2D eigenvalue weighted by Crippen LogP contribution is -2.48. The Labute approximate surface area is 250 Å². The second kappa shape index (κ2) is 12.1. The minimum atomic E-state index is -3.20. The highest BCUT2D eigenvalue weighted by Crippen LogP contribution is 2.38. The van der Waals surface area contributed by atoms with Gasteiger partial charge in [0.2, 0.25) is 0 Å². The number of pyridine rings is 1. The monoisotopic (exact) mass is 611 g/mol. The number of carbonyl (C=O) groups is 1. The summed E-state index contributed by atoms with van der Waals surface area (Å²) in [4.78, 5) is 33.4. The zero-order chi connectivity index (χ0) is 29.3. The number of rotatable bonds is 7. The Morgan fingerprint density at radius 3 is 2.46 bits per heavy atom. The number of sulfone groups is 1. The first-order chi connectivity index (χ1) is 19.6. The van der Waals surface area contributed by atoms with Gasteiger partial charge in [-0.25, -0.2) is 8.42 Å². The molecule has 3 aliphatic heterocycles. The van der Waals surface area contributed by atoms with E-state index in [0.29, 0.717) is 58.6 Å². The van der Waals surface area contributed by atoms with E-state index in [1.807, 2.05) is 25.1 Å². The van der Waals surface area contributed by atoms with Gasteiger partial charge in [0.15, 0.2) is 9.84 Å². The number of aromatic nitrogens is 1. The predicted molar refractivity (Wildman–Crippen MR) is 166 cm³/mol. The first-order valence-electron chi connectivity index (χ1n) is 13.8.